The molecule has 152 valence electrons. The molecule has 0 unspecified atom stereocenters. The molecule has 0 saturated carbocycles. The van der Waals surface area contributed by atoms with E-state index in [4.69, 9.17) is 27.6 Å². The van der Waals surface area contributed by atoms with E-state index in [1.807, 2.05) is 24.3 Å². The minimum absolute atomic E-state index is 0.135. The molecule has 4 aromatic rings. The van der Waals surface area contributed by atoms with Crippen LogP contribution in [-0.4, -0.2) is 21.1 Å². The number of nitrogens with one attached hydrogen (secondary N) is 1. The molecular formula is C20H14Cl2N4O2S2. The molecule has 0 fully saturated rings. The molecule has 6 nitrogen and oxygen atoms in total. The van der Waals surface area contributed by atoms with Crippen molar-refractivity contribution in [2.24, 2.45) is 0 Å². The van der Waals surface area contributed by atoms with Crippen LogP contribution in [0.3, 0.4) is 0 Å². The fraction of sp³-hybridized carbons (Fsp3) is 0.100. The van der Waals surface area contributed by atoms with Gasteiger partial charge in [0.25, 0.3) is 0 Å². The fourth-order valence-corrected chi connectivity index (χ4v) is 4.66. The van der Waals surface area contributed by atoms with Crippen molar-refractivity contribution in [2.75, 3.05) is 5.32 Å². The number of anilines is 1. The SMILES string of the molecule is O=C(CCc1ncc(-c2ccc(Cl)cc2Cl)o1)Nc1ccccc1Sc1nncs1. The van der Waals surface area contributed by atoms with Crippen LogP contribution in [0.15, 0.2) is 67.8 Å². The lowest BCUT2D eigenvalue weighted by Gasteiger charge is -2.09. The van der Waals surface area contributed by atoms with Gasteiger partial charge in [-0.2, -0.15) is 0 Å². The van der Waals surface area contributed by atoms with Crippen LogP contribution in [0.2, 0.25) is 10.0 Å². The van der Waals surface area contributed by atoms with Gasteiger partial charge < -0.3 is 9.73 Å². The second-order valence-corrected chi connectivity index (χ2v) is 9.06. The van der Waals surface area contributed by atoms with Crippen LogP contribution in [-0.2, 0) is 11.2 Å². The Labute approximate surface area is 190 Å². The number of carbonyl (C=O) groups excluding carboxylic acids is 1. The number of hydrogen-bond acceptors (Lipinski definition) is 7. The highest BCUT2D eigenvalue weighted by atomic mass is 35.5. The highest BCUT2D eigenvalue weighted by Crippen LogP contribution is 2.34. The lowest BCUT2D eigenvalue weighted by atomic mass is 10.2. The Hall–Kier alpha value is -2.39. The lowest BCUT2D eigenvalue weighted by Crippen LogP contribution is -2.13. The van der Waals surface area contributed by atoms with Gasteiger partial charge in [-0.05, 0) is 30.3 Å². The van der Waals surface area contributed by atoms with Gasteiger partial charge in [0.15, 0.2) is 16.0 Å². The van der Waals surface area contributed by atoms with Crippen molar-refractivity contribution in [2.45, 2.75) is 22.1 Å². The zero-order valence-electron chi connectivity index (χ0n) is 15.3. The van der Waals surface area contributed by atoms with Crippen LogP contribution in [0, 0.1) is 0 Å². The summed E-state index contributed by atoms with van der Waals surface area (Å²) in [6.45, 7) is 0. The smallest absolute Gasteiger partial charge is 0.224 e. The average molecular weight is 477 g/mol. The van der Waals surface area contributed by atoms with E-state index < -0.39 is 0 Å². The molecule has 1 amide bonds. The maximum Gasteiger partial charge on any atom is 0.224 e. The number of hydrogen-bond donors (Lipinski definition) is 1. The van der Waals surface area contributed by atoms with Gasteiger partial charge in [0.05, 0.1) is 16.9 Å². The van der Waals surface area contributed by atoms with Crippen molar-refractivity contribution in [3.63, 3.8) is 0 Å². The van der Waals surface area contributed by atoms with Crippen molar-refractivity contribution in [3.05, 3.63) is 70.1 Å². The minimum atomic E-state index is -0.135. The number of oxazole rings is 1. The van der Waals surface area contributed by atoms with Gasteiger partial charge in [0.2, 0.25) is 5.91 Å². The van der Waals surface area contributed by atoms with Gasteiger partial charge >= 0.3 is 0 Å². The summed E-state index contributed by atoms with van der Waals surface area (Å²) in [5, 5.41) is 11.8. The summed E-state index contributed by atoms with van der Waals surface area (Å²) in [5.41, 5.74) is 3.10. The highest BCUT2D eigenvalue weighted by Gasteiger charge is 2.13. The first-order chi connectivity index (χ1) is 14.6. The summed E-state index contributed by atoms with van der Waals surface area (Å²) in [6.07, 6.45) is 2.19. The van der Waals surface area contributed by atoms with Crippen molar-refractivity contribution in [3.8, 4) is 11.3 Å². The van der Waals surface area contributed by atoms with Crippen LogP contribution in [0.25, 0.3) is 11.3 Å². The topological polar surface area (TPSA) is 80.9 Å². The summed E-state index contributed by atoms with van der Waals surface area (Å²) in [6, 6.07) is 12.7. The fourth-order valence-electron chi connectivity index (χ4n) is 2.63. The maximum atomic E-state index is 12.5. The number of rotatable bonds is 7. The number of halogens is 2. The second-order valence-electron chi connectivity index (χ2n) is 6.09. The Morgan fingerprint density at radius 1 is 1.20 bits per heavy atom. The normalized spacial score (nSPS) is 10.9. The number of nitrogens with zero attached hydrogens (tertiary/aromatic N) is 3. The number of benzene rings is 2. The van der Waals surface area contributed by atoms with Gasteiger partial charge in [0.1, 0.15) is 5.51 Å². The third-order valence-corrected chi connectivity index (χ3v) is 6.42. The van der Waals surface area contributed by atoms with E-state index in [-0.39, 0.29) is 12.3 Å². The van der Waals surface area contributed by atoms with Crippen LogP contribution in [0.1, 0.15) is 12.3 Å². The summed E-state index contributed by atoms with van der Waals surface area (Å²) in [5.74, 6) is 0.859. The Morgan fingerprint density at radius 3 is 2.87 bits per heavy atom. The molecule has 1 N–H and O–H groups in total. The van der Waals surface area contributed by atoms with Gasteiger partial charge in [-0.3, -0.25) is 4.79 Å². The van der Waals surface area contributed by atoms with Crippen LogP contribution >= 0.6 is 46.3 Å². The third-order valence-electron chi connectivity index (χ3n) is 4.01. The first kappa shape index (κ1) is 20.9. The molecule has 2 heterocycles. The van der Waals surface area contributed by atoms with Crippen LogP contribution in [0.4, 0.5) is 5.69 Å². The Balaban J connectivity index is 1.37. The zero-order valence-corrected chi connectivity index (χ0v) is 18.5. The molecule has 0 saturated heterocycles. The number of para-hydroxylation sites is 1. The number of aromatic nitrogens is 3. The molecular weight excluding hydrogens is 463 g/mol. The quantitative estimate of drug-likeness (QED) is 0.340. The molecule has 30 heavy (non-hydrogen) atoms. The predicted octanol–water partition coefficient (Wildman–Crippen LogP) is 6.22. The molecule has 0 aliphatic rings. The third kappa shape index (κ3) is 5.20. The Kier molecular flexibility index (Phi) is 6.69. The monoisotopic (exact) mass is 476 g/mol. The van der Waals surface area contributed by atoms with Crippen molar-refractivity contribution in [1.29, 1.82) is 0 Å². The van der Waals surface area contributed by atoms with Crippen molar-refractivity contribution >= 4 is 57.9 Å². The van der Waals surface area contributed by atoms with E-state index in [1.165, 1.54) is 23.1 Å². The zero-order chi connectivity index (χ0) is 20.9. The van der Waals surface area contributed by atoms with E-state index in [0.717, 1.165) is 14.9 Å². The van der Waals surface area contributed by atoms with E-state index >= 15 is 0 Å². The summed E-state index contributed by atoms with van der Waals surface area (Å²) in [4.78, 5) is 17.6. The molecule has 2 aromatic carbocycles. The Bertz CT molecular complexity index is 1170. The van der Waals surface area contributed by atoms with Gasteiger partial charge in [0, 0.05) is 28.3 Å². The molecule has 4 rings (SSSR count). The highest BCUT2D eigenvalue weighted by molar-refractivity contribution is 8.01. The molecule has 0 aliphatic heterocycles. The first-order valence-electron chi connectivity index (χ1n) is 8.81. The van der Waals surface area contributed by atoms with Gasteiger partial charge in [-0.1, -0.05) is 58.4 Å². The molecule has 10 heteroatoms. The van der Waals surface area contributed by atoms with E-state index in [2.05, 4.69) is 20.5 Å². The molecule has 0 radical (unpaired) electrons. The lowest BCUT2D eigenvalue weighted by molar-refractivity contribution is -0.116. The van der Waals surface area contributed by atoms with Crippen LogP contribution < -0.4 is 5.32 Å². The first-order valence-corrected chi connectivity index (χ1v) is 11.3. The van der Waals surface area contributed by atoms with Gasteiger partial charge in [-0.15, -0.1) is 10.2 Å². The second kappa shape index (κ2) is 9.61. The molecule has 0 spiro atoms. The van der Waals surface area contributed by atoms with Crippen LogP contribution in [0.5, 0.6) is 0 Å². The Morgan fingerprint density at radius 2 is 2.07 bits per heavy atom. The van der Waals surface area contributed by atoms with Crippen molar-refractivity contribution in [1.82, 2.24) is 15.2 Å². The largest absolute Gasteiger partial charge is 0.441 e. The van der Waals surface area contributed by atoms with Crippen molar-refractivity contribution < 1.29 is 9.21 Å². The van der Waals surface area contributed by atoms with E-state index in [9.17, 15) is 4.79 Å². The minimum Gasteiger partial charge on any atom is -0.441 e. The number of amides is 1. The maximum absolute atomic E-state index is 12.5. The predicted molar refractivity (Wildman–Crippen MR) is 119 cm³/mol. The number of carbonyl (C=O) groups is 1. The molecule has 2 aromatic heterocycles. The standard InChI is InChI=1S/C20H14Cl2N4O2S2/c21-12-5-6-13(14(22)9-12)16-10-23-19(28-16)8-7-18(27)25-15-3-1-2-4-17(15)30-20-26-24-11-29-20/h1-6,9-11H,7-8H2,(H,25,27). The summed E-state index contributed by atoms with van der Waals surface area (Å²) < 4.78 is 6.56. The number of aryl methyl sites for hydroxylation is 1. The van der Waals surface area contributed by atoms with E-state index in [1.54, 1.807) is 29.9 Å². The van der Waals surface area contributed by atoms with Gasteiger partial charge in [-0.25, -0.2) is 4.98 Å². The summed E-state index contributed by atoms with van der Waals surface area (Å²) >= 11 is 15.0. The molecule has 0 bridgehead atoms. The van der Waals surface area contributed by atoms with E-state index in [0.29, 0.717) is 33.7 Å². The summed E-state index contributed by atoms with van der Waals surface area (Å²) in [7, 11) is 0. The average Bonchev–Trinajstić information content (AvgIpc) is 3.40. The molecule has 0 atom stereocenters. The molecule has 0 aliphatic carbocycles.